The molecule has 0 unspecified atom stereocenters. The fourth-order valence-electron chi connectivity index (χ4n) is 2.15. The Balaban J connectivity index is 1.78. The SMILES string of the molecule is O=c1[nH]c2ccccc2n1CCCn1cccn1. The zero-order chi connectivity index (χ0) is 12.4. The van der Waals surface area contributed by atoms with Gasteiger partial charge in [0, 0.05) is 25.5 Å². The summed E-state index contributed by atoms with van der Waals surface area (Å²) < 4.78 is 3.65. The van der Waals surface area contributed by atoms with E-state index in [-0.39, 0.29) is 5.69 Å². The Bertz CT molecular complexity index is 693. The number of fused-ring (bicyclic) bond motifs is 1. The standard InChI is InChI=1S/C13H14N4O/c18-13-15-11-5-1-2-6-12(11)17(13)10-4-9-16-8-3-7-14-16/h1-3,5-8H,4,9-10H2,(H,15,18). The summed E-state index contributed by atoms with van der Waals surface area (Å²) in [4.78, 5) is 14.7. The van der Waals surface area contributed by atoms with Gasteiger partial charge in [-0.1, -0.05) is 12.1 Å². The first kappa shape index (κ1) is 10.8. The highest BCUT2D eigenvalue weighted by Crippen LogP contribution is 2.09. The highest BCUT2D eigenvalue weighted by atomic mass is 16.1. The maximum absolute atomic E-state index is 11.8. The molecule has 5 nitrogen and oxygen atoms in total. The molecule has 0 aliphatic rings. The fourth-order valence-corrected chi connectivity index (χ4v) is 2.15. The van der Waals surface area contributed by atoms with Gasteiger partial charge < -0.3 is 4.98 Å². The van der Waals surface area contributed by atoms with E-state index in [1.54, 1.807) is 10.8 Å². The van der Waals surface area contributed by atoms with Gasteiger partial charge in [0.1, 0.15) is 0 Å². The highest BCUT2D eigenvalue weighted by molar-refractivity contribution is 5.74. The smallest absolute Gasteiger partial charge is 0.306 e. The van der Waals surface area contributed by atoms with Crippen LogP contribution in [0.2, 0.25) is 0 Å². The predicted molar refractivity (Wildman–Crippen MR) is 69.4 cm³/mol. The topological polar surface area (TPSA) is 55.6 Å². The average molecular weight is 242 g/mol. The first-order chi connectivity index (χ1) is 8.84. The Hall–Kier alpha value is -2.30. The largest absolute Gasteiger partial charge is 0.326 e. The van der Waals surface area contributed by atoms with Gasteiger partial charge in [-0.25, -0.2) is 4.79 Å². The molecule has 0 amide bonds. The summed E-state index contributed by atoms with van der Waals surface area (Å²) in [5.41, 5.74) is 1.81. The van der Waals surface area contributed by atoms with E-state index in [0.29, 0.717) is 6.54 Å². The normalized spacial score (nSPS) is 11.1. The molecule has 0 saturated carbocycles. The van der Waals surface area contributed by atoms with Crippen LogP contribution in [0.15, 0.2) is 47.5 Å². The molecule has 2 aromatic heterocycles. The third-order valence-corrected chi connectivity index (χ3v) is 3.01. The van der Waals surface area contributed by atoms with Crippen molar-refractivity contribution < 1.29 is 0 Å². The van der Waals surface area contributed by atoms with Crippen LogP contribution in [-0.2, 0) is 13.1 Å². The number of H-pyrrole nitrogens is 1. The van der Waals surface area contributed by atoms with E-state index in [0.717, 1.165) is 24.0 Å². The lowest BCUT2D eigenvalue weighted by atomic mass is 10.3. The second kappa shape index (κ2) is 4.52. The molecule has 0 spiro atoms. The number of nitrogens with one attached hydrogen (secondary N) is 1. The first-order valence-corrected chi connectivity index (χ1v) is 5.99. The lowest BCUT2D eigenvalue weighted by molar-refractivity contribution is 0.526. The van der Waals surface area contributed by atoms with Crippen molar-refractivity contribution in [3.05, 3.63) is 53.2 Å². The number of hydrogen-bond acceptors (Lipinski definition) is 2. The molecule has 5 heteroatoms. The van der Waals surface area contributed by atoms with Crippen molar-refractivity contribution >= 4 is 11.0 Å². The van der Waals surface area contributed by atoms with Crippen LogP contribution >= 0.6 is 0 Å². The third kappa shape index (κ3) is 1.95. The summed E-state index contributed by atoms with van der Waals surface area (Å²) in [5.74, 6) is 0. The van der Waals surface area contributed by atoms with E-state index in [2.05, 4.69) is 10.1 Å². The van der Waals surface area contributed by atoms with Gasteiger partial charge >= 0.3 is 5.69 Å². The van der Waals surface area contributed by atoms with Crippen LogP contribution in [-0.4, -0.2) is 19.3 Å². The molecule has 92 valence electrons. The molecule has 18 heavy (non-hydrogen) atoms. The number of nitrogens with zero attached hydrogens (tertiary/aromatic N) is 3. The number of imidazole rings is 1. The zero-order valence-corrected chi connectivity index (χ0v) is 9.91. The molecular formula is C13H14N4O. The van der Waals surface area contributed by atoms with E-state index in [1.807, 2.05) is 41.2 Å². The minimum atomic E-state index is -0.0448. The summed E-state index contributed by atoms with van der Waals surface area (Å²) in [6.07, 6.45) is 4.57. The van der Waals surface area contributed by atoms with Crippen molar-refractivity contribution in [1.82, 2.24) is 19.3 Å². The van der Waals surface area contributed by atoms with Gasteiger partial charge in [-0.15, -0.1) is 0 Å². The predicted octanol–water partition coefficient (Wildman–Crippen LogP) is 1.62. The van der Waals surface area contributed by atoms with E-state index in [1.165, 1.54) is 0 Å². The van der Waals surface area contributed by atoms with Gasteiger partial charge in [0.25, 0.3) is 0 Å². The summed E-state index contributed by atoms with van der Waals surface area (Å²) in [6, 6.07) is 9.64. The van der Waals surface area contributed by atoms with Crippen LogP contribution in [0.3, 0.4) is 0 Å². The second-order valence-electron chi connectivity index (χ2n) is 4.22. The second-order valence-corrected chi connectivity index (χ2v) is 4.22. The summed E-state index contributed by atoms with van der Waals surface area (Å²) >= 11 is 0. The number of hydrogen-bond donors (Lipinski definition) is 1. The van der Waals surface area contributed by atoms with Crippen molar-refractivity contribution in [3.8, 4) is 0 Å². The first-order valence-electron chi connectivity index (χ1n) is 5.99. The molecule has 0 atom stereocenters. The molecule has 0 aliphatic carbocycles. The van der Waals surface area contributed by atoms with Crippen molar-refractivity contribution in [2.75, 3.05) is 0 Å². The van der Waals surface area contributed by atoms with Crippen LogP contribution in [0.5, 0.6) is 0 Å². The van der Waals surface area contributed by atoms with Crippen LogP contribution in [0.25, 0.3) is 11.0 Å². The number of benzene rings is 1. The zero-order valence-electron chi connectivity index (χ0n) is 9.91. The number of rotatable bonds is 4. The molecule has 3 rings (SSSR count). The van der Waals surface area contributed by atoms with Gasteiger partial charge in [-0.2, -0.15) is 5.10 Å². The van der Waals surface area contributed by atoms with Crippen molar-refractivity contribution in [1.29, 1.82) is 0 Å². The van der Waals surface area contributed by atoms with Crippen molar-refractivity contribution in [2.45, 2.75) is 19.5 Å². The Morgan fingerprint density at radius 2 is 2.06 bits per heavy atom. The molecular weight excluding hydrogens is 228 g/mol. The highest BCUT2D eigenvalue weighted by Gasteiger charge is 2.04. The van der Waals surface area contributed by atoms with E-state index < -0.39 is 0 Å². The Kier molecular flexibility index (Phi) is 2.72. The minimum absolute atomic E-state index is 0.0448. The summed E-state index contributed by atoms with van der Waals surface area (Å²) in [5, 5.41) is 4.14. The molecule has 1 N–H and O–H groups in total. The maximum atomic E-state index is 11.8. The molecule has 0 saturated heterocycles. The van der Waals surface area contributed by atoms with E-state index in [9.17, 15) is 4.79 Å². The van der Waals surface area contributed by atoms with Crippen LogP contribution in [0, 0.1) is 0 Å². The van der Waals surface area contributed by atoms with Gasteiger partial charge in [0.2, 0.25) is 0 Å². The Labute approximate surface area is 104 Å². The Morgan fingerprint density at radius 3 is 2.89 bits per heavy atom. The molecule has 0 bridgehead atoms. The van der Waals surface area contributed by atoms with Gasteiger partial charge in [0.15, 0.2) is 0 Å². The molecule has 0 aliphatic heterocycles. The number of aromatic nitrogens is 4. The monoisotopic (exact) mass is 242 g/mol. The molecule has 1 aromatic carbocycles. The van der Waals surface area contributed by atoms with Crippen molar-refractivity contribution in [2.24, 2.45) is 0 Å². The number of para-hydroxylation sites is 2. The van der Waals surface area contributed by atoms with Gasteiger partial charge in [-0.3, -0.25) is 9.25 Å². The third-order valence-electron chi connectivity index (χ3n) is 3.01. The Morgan fingerprint density at radius 1 is 1.17 bits per heavy atom. The van der Waals surface area contributed by atoms with Crippen LogP contribution in [0.1, 0.15) is 6.42 Å². The number of aromatic amines is 1. The van der Waals surface area contributed by atoms with E-state index in [4.69, 9.17) is 0 Å². The maximum Gasteiger partial charge on any atom is 0.326 e. The summed E-state index contributed by atoms with van der Waals surface area (Å²) in [7, 11) is 0. The number of aryl methyl sites for hydroxylation is 2. The molecule has 2 heterocycles. The molecule has 3 aromatic rings. The van der Waals surface area contributed by atoms with Crippen molar-refractivity contribution in [3.63, 3.8) is 0 Å². The van der Waals surface area contributed by atoms with Gasteiger partial charge in [0.05, 0.1) is 11.0 Å². The van der Waals surface area contributed by atoms with Gasteiger partial charge in [-0.05, 0) is 24.6 Å². The minimum Gasteiger partial charge on any atom is -0.306 e. The quantitative estimate of drug-likeness (QED) is 0.755. The lowest BCUT2D eigenvalue weighted by Gasteiger charge is -2.03. The van der Waals surface area contributed by atoms with Crippen LogP contribution < -0.4 is 5.69 Å². The van der Waals surface area contributed by atoms with Crippen LogP contribution in [0.4, 0.5) is 0 Å². The fraction of sp³-hybridized carbons (Fsp3) is 0.231. The molecule has 0 radical (unpaired) electrons. The lowest BCUT2D eigenvalue weighted by Crippen LogP contribution is -2.17. The molecule has 0 fully saturated rings. The van der Waals surface area contributed by atoms with E-state index >= 15 is 0 Å². The average Bonchev–Trinajstić information content (AvgIpc) is 2.98. The summed E-state index contributed by atoms with van der Waals surface area (Å²) in [6.45, 7) is 1.52.